The minimum absolute atomic E-state index is 0.0156. The van der Waals surface area contributed by atoms with Gasteiger partial charge in [-0.15, -0.1) is 0 Å². The van der Waals surface area contributed by atoms with Gasteiger partial charge in [-0.3, -0.25) is 4.79 Å². The lowest BCUT2D eigenvalue weighted by Gasteiger charge is -2.16. The molecule has 1 saturated heterocycles. The van der Waals surface area contributed by atoms with Crippen LogP contribution >= 0.6 is 0 Å². The van der Waals surface area contributed by atoms with Gasteiger partial charge in [-0.25, -0.2) is 0 Å². The summed E-state index contributed by atoms with van der Waals surface area (Å²) in [6.07, 6.45) is 0.459. The first-order valence-electron chi connectivity index (χ1n) is 8.62. The van der Waals surface area contributed by atoms with Crippen molar-refractivity contribution in [3.8, 4) is 5.75 Å². The van der Waals surface area contributed by atoms with Crippen molar-refractivity contribution >= 4 is 11.6 Å². The Balaban J connectivity index is 1.47. The number of hydrogen-bond donors (Lipinski definition) is 2. The molecule has 3 N–H and O–H groups in total. The third kappa shape index (κ3) is 4.59. The predicted octanol–water partition coefficient (Wildman–Crippen LogP) is 2.45. The van der Waals surface area contributed by atoms with E-state index < -0.39 is 0 Å². The van der Waals surface area contributed by atoms with E-state index in [0.29, 0.717) is 12.3 Å². The summed E-state index contributed by atoms with van der Waals surface area (Å²) in [4.78, 5) is 14.4. The zero-order valence-corrected chi connectivity index (χ0v) is 14.5. The van der Waals surface area contributed by atoms with Crippen LogP contribution in [0.4, 0.5) is 5.69 Å². The molecule has 1 fully saturated rings. The van der Waals surface area contributed by atoms with Crippen LogP contribution in [0.2, 0.25) is 0 Å². The van der Waals surface area contributed by atoms with Crippen molar-refractivity contribution in [2.45, 2.75) is 18.4 Å². The van der Waals surface area contributed by atoms with Crippen LogP contribution in [0.1, 0.15) is 17.9 Å². The number of nitrogens with one attached hydrogen (secondary N) is 1. The topological polar surface area (TPSA) is 67.6 Å². The number of nitrogens with two attached hydrogens (primary N) is 1. The van der Waals surface area contributed by atoms with Gasteiger partial charge in [0.1, 0.15) is 5.75 Å². The average molecular weight is 339 g/mol. The molecule has 0 unspecified atom stereocenters. The molecule has 1 aliphatic rings. The first kappa shape index (κ1) is 17.5. The summed E-state index contributed by atoms with van der Waals surface area (Å²) in [6, 6.07) is 17.8. The second kappa shape index (κ2) is 8.14. The van der Waals surface area contributed by atoms with Crippen LogP contribution in [0.3, 0.4) is 0 Å². The van der Waals surface area contributed by atoms with E-state index in [1.165, 1.54) is 5.56 Å². The number of likely N-dealkylation sites (tertiary alicyclic amines) is 1. The Morgan fingerprint density at radius 1 is 1.16 bits per heavy atom. The number of amides is 1. The van der Waals surface area contributed by atoms with Crippen molar-refractivity contribution in [1.82, 2.24) is 4.90 Å². The fourth-order valence-corrected chi connectivity index (χ4v) is 3.31. The van der Waals surface area contributed by atoms with Gasteiger partial charge < -0.3 is 20.7 Å². The van der Waals surface area contributed by atoms with Crippen LogP contribution in [0.25, 0.3) is 0 Å². The van der Waals surface area contributed by atoms with Crippen LogP contribution in [-0.4, -0.2) is 43.6 Å². The number of anilines is 1. The van der Waals surface area contributed by atoms with Crippen LogP contribution in [0, 0.1) is 0 Å². The SMILES string of the molecule is COc1ccc(NC(=O)CCN2C[C@@H](N)[C@H](c3ccccc3)C2)cc1. The van der Waals surface area contributed by atoms with E-state index in [-0.39, 0.29) is 11.9 Å². The minimum Gasteiger partial charge on any atom is -0.497 e. The predicted molar refractivity (Wildman–Crippen MR) is 99.8 cm³/mol. The quantitative estimate of drug-likeness (QED) is 0.848. The van der Waals surface area contributed by atoms with Gasteiger partial charge in [0, 0.05) is 43.7 Å². The van der Waals surface area contributed by atoms with Crippen LogP contribution in [0.5, 0.6) is 5.75 Å². The zero-order chi connectivity index (χ0) is 17.6. The van der Waals surface area contributed by atoms with Gasteiger partial charge in [-0.05, 0) is 29.8 Å². The van der Waals surface area contributed by atoms with Crippen molar-refractivity contribution in [2.24, 2.45) is 5.73 Å². The third-order valence-corrected chi connectivity index (χ3v) is 4.70. The molecule has 2 atom stereocenters. The number of hydrogen-bond acceptors (Lipinski definition) is 4. The lowest BCUT2D eigenvalue weighted by molar-refractivity contribution is -0.116. The summed E-state index contributed by atoms with van der Waals surface area (Å²) >= 11 is 0. The lowest BCUT2D eigenvalue weighted by Crippen LogP contribution is -2.30. The van der Waals surface area contributed by atoms with E-state index in [1.807, 2.05) is 42.5 Å². The molecule has 2 aromatic rings. The zero-order valence-electron chi connectivity index (χ0n) is 14.5. The first-order valence-corrected chi connectivity index (χ1v) is 8.62. The number of methoxy groups -OCH3 is 1. The summed E-state index contributed by atoms with van der Waals surface area (Å²) in [5.41, 5.74) is 8.37. The second-order valence-electron chi connectivity index (χ2n) is 6.47. The molecular weight excluding hydrogens is 314 g/mol. The van der Waals surface area contributed by atoms with Crippen molar-refractivity contribution < 1.29 is 9.53 Å². The van der Waals surface area contributed by atoms with Gasteiger partial charge in [0.2, 0.25) is 5.91 Å². The largest absolute Gasteiger partial charge is 0.497 e. The Labute approximate surface area is 148 Å². The fourth-order valence-electron chi connectivity index (χ4n) is 3.31. The summed E-state index contributed by atoms with van der Waals surface area (Å²) in [6.45, 7) is 2.45. The fraction of sp³-hybridized carbons (Fsp3) is 0.350. The highest BCUT2D eigenvalue weighted by Crippen LogP contribution is 2.26. The monoisotopic (exact) mass is 339 g/mol. The van der Waals surface area contributed by atoms with Crippen molar-refractivity contribution in [1.29, 1.82) is 0 Å². The first-order chi connectivity index (χ1) is 12.2. The molecule has 2 aromatic carbocycles. The molecule has 25 heavy (non-hydrogen) atoms. The summed E-state index contributed by atoms with van der Waals surface area (Å²) in [7, 11) is 1.62. The van der Waals surface area contributed by atoms with Gasteiger partial charge >= 0.3 is 0 Å². The smallest absolute Gasteiger partial charge is 0.225 e. The number of rotatable bonds is 6. The molecule has 0 aromatic heterocycles. The van der Waals surface area contributed by atoms with Gasteiger partial charge in [0.25, 0.3) is 0 Å². The highest BCUT2D eigenvalue weighted by Gasteiger charge is 2.30. The van der Waals surface area contributed by atoms with Crippen LogP contribution in [-0.2, 0) is 4.79 Å². The molecule has 0 saturated carbocycles. The van der Waals surface area contributed by atoms with E-state index in [4.69, 9.17) is 10.5 Å². The minimum atomic E-state index is 0.0156. The molecule has 0 spiro atoms. The summed E-state index contributed by atoms with van der Waals surface area (Å²) in [5.74, 6) is 1.13. The van der Waals surface area contributed by atoms with E-state index in [0.717, 1.165) is 31.1 Å². The Kier molecular flexibility index (Phi) is 5.68. The highest BCUT2D eigenvalue weighted by molar-refractivity contribution is 5.90. The maximum Gasteiger partial charge on any atom is 0.225 e. The number of carbonyl (C=O) groups excluding carboxylic acids is 1. The molecule has 5 nitrogen and oxygen atoms in total. The Bertz CT molecular complexity index is 688. The highest BCUT2D eigenvalue weighted by atomic mass is 16.5. The Morgan fingerprint density at radius 3 is 2.56 bits per heavy atom. The summed E-state index contributed by atoms with van der Waals surface area (Å²) < 4.78 is 5.11. The molecule has 1 aliphatic heterocycles. The summed E-state index contributed by atoms with van der Waals surface area (Å²) in [5, 5.41) is 2.92. The maximum atomic E-state index is 12.2. The molecule has 0 radical (unpaired) electrons. The molecule has 1 amide bonds. The molecule has 5 heteroatoms. The van der Waals surface area contributed by atoms with E-state index in [9.17, 15) is 4.79 Å². The van der Waals surface area contributed by atoms with Gasteiger partial charge in [0.05, 0.1) is 7.11 Å². The van der Waals surface area contributed by atoms with Crippen LogP contribution in [0.15, 0.2) is 54.6 Å². The lowest BCUT2D eigenvalue weighted by atomic mass is 9.95. The Hall–Kier alpha value is -2.37. The van der Waals surface area contributed by atoms with Gasteiger partial charge in [0.15, 0.2) is 0 Å². The number of benzene rings is 2. The molecule has 0 bridgehead atoms. The van der Waals surface area contributed by atoms with Crippen LogP contribution < -0.4 is 15.8 Å². The Morgan fingerprint density at radius 2 is 1.88 bits per heavy atom. The second-order valence-corrected chi connectivity index (χ2v) is 6.47. The van der Waals surface area contributed by atoms with Crippen molar-refractivity contribution in [2.75, 3.05) is 32.1 Å². The molecule has 1 heterocycles. The molecule has 3 rings (SSSR count). The average Bonchev–Trinajstić information content (AvgIpc) is 3.02. The van der Waals surface area contributed by atoms with E-state index >= 15 is 0 Å². The third-order valence-electron chi connectivity index (χ3n) is 4.70. The number of carbonyl (C=O) groups is 1. The van der Waals surface area contributed by atoms with Gasteiger partial charge in [-0.2, -0.15) is 0 Å². The standard InChI is InChI=1S/C20H25N3O2/c1-25-17-9-7-16(8-10-17)22-20(24)11-12-23-13-18(19(21)14-23)15-5-3-2-4-6-15/h2-10,18-19H,11-14,21H2,1H3,(H,22,24)/t18-,19+/m0/s1. The molecule has 0 aliphatic carbocycles. The molecule has 132 valence electrons. The molecular formula is C20H25N3O2. The van der Waals surface area contributed by atoms with Gasteiger partial charge in [-0.1, -0.05) is 30.3 Å². The maximum absolute atomic E-state index is 12.2. The van der Waals surface area contributed by atoms with Crippen molar-refractivity contribution in [3.05, 3.63) is 60.2 Å². The van der Waals surface area contributed by atoms with E-state index in [2.05, 4.69) is 22.3 Å². The number of ether oxygens (including phenoxy) is 1. The normalized spacial score (nSPS) is 20.4. The number of nitrogens with zero attached hydrogens (tertiary/aromatic N) is 1. The van der Waals surface area contributed by atoms with Crippen molar-refractivity contribution in [3.63, 3.8) is 0 Å². The van der Waals surface area contributed by atoms with E-state index in [1.54, 1.807) is 7.11 Å².